The third kappa shape index (κ3) is 2.33. The first-order chi connectivity index (χ1) is 7.95. The van der Waals surface area contributed by atoms with E-state index in [4.69, 9.17) is 9.47 Å². The maximum Gasteiger partial charge on any atom is 0.220 e. The normalized spacial score (nSPS) is 39.8. The molecule has 0 bridgehead atoms. The Balaban J connectivity index is 2.11. The zero-order chi connectivity index (χ0) is 12.6. The average molecular weight is 241 g/mol. The van der Waals surface area contributed by atoms with E-state index in [1.165, 1.54) is 0 Å². The number of rotatable bonds is 2. The molecule has 0 aliphatic carbocycles. The highest BCUT2D eigenvalue weighted by molar-refractivity contribution is 5.75. The van der Waals surface area contributed by atoms with Gasteiger partial charge in [-0.25, -0.2) is 0 Å². The molecule has 4 heteroatoms. The standard InChI is InChI=1S/C13H23NO3/c1-5-11(15)14-9-6-16-7-10-12(9)8(2)13(3,4)17-10/h8-10,12H,5-7H2,1-4H3,(H,14,15)/t8?,9-,10-,12+/m0/s1. The van der Waals surface area contributed by atoms with Gasteiger partial charge < -0.3 is 14.8 Å². The van der Waals surface area contributed by atoms with Crippen molar-refractivity contribution in [1.82, 2.24) is 5.32 Å². The number of hydrogen-bond donors (Lipinski definition) is 1. The molecule has 2 aliphatic rings. The van der Waals surface area contributed by atoms with Gasteiger partial charge in [-0.3, -0.25) is 4.79 Å². The Morgan fingerprint density at radius 1 is 1.41 bits per heavy atom. The lowest BCUT2D eigenvalue weighted by molar-refractivity contribution is -0.125. The zero-order valence-corrected chi connectivity index (χ0v) is 11.2. The Bertz CT molecular complexity index is 303. The van der Waals surface area contributed by atoms with Crippen molar-refractivity contribution < 1.29 is 14.3 Å². The van der Waals surface area contributed by atoms with Crippen LogP contribution in [0.2, 0.25) is 0 Å². The molecule has 1 amide bonds. The molecule has 0 aromatic carbocycles. The molecule has 2 rings (SSSR count). The summed E-state index contributed by atoms with van der Waals surface area (Å²) in [6.07, 6.45) is 0.642. The minimum Gasteiger partial charge on any atom is -0.377 e. The number of carbonyl (C=O) groups excluding carboxylic acids is 1. The number of fused-ring (bicyclic) bond motifs is 1. The molecule has 0 radical (unpaired) electrons. The van der Waals surface area contributed by atoms with E-state index in [0.717, 1.165) is 0 Å². The molecule has 0 aromatic rings. The first kappa shape index (κ1) is 12.8. The van der Waals surface area contributed by atoms with Gasteiger partial charge in [0.2, 0.25) is 5.91 Å². The van der Waals surface area contributed by atoms with Crippen LogP contribution in [0.25, 0.3) is 0 Å². The van der Waals surface area contributed by atoms with Crippen LogP contribution in [0.1, 0.15) is 34.1 Å². The largest absolute Gasteiger partial charge is 0.377 e. The van der Waals surface area contributed by atoms with Gasteiger partial charge in [0.05, 0.1) is 31.0 Å². The number of amides is 1. The second kappa shape index (κ2) is 4.58. The zero-order valence-electron chi connectivity index (χ0n) is 11.2. The maximum atomic E-state index is 11.5. The van der Waals surface area contributed by atoms with E-state index in [1.54, 1.807) is 0 Å². The summed E-state index contributed by atoms with van der Waals surface area (Å²) in [7, 11) is 0. The van der Waals surface area contributed by atoms with Crippen molar-refractivity contribution in [3.05, 3.63) is 0 Å². The van der Waals surface area contributed by atoms with E-state index < -0.39 is 0 Å². The summed E-state index contributed by atoms with van der Waals surface area (Å²) in [5.74, 6) is 0.893. The van der Waals surface area contributed by atoms with Gasteiger partial charge in [0, 0.05) is 12.3 Å². The molecule has 1 unspecified atom stereocenters. The van der Waals surface area contributed by atoms with Gasteiger partial charge in [0.25, 0.3) is 0 Å². The Morgan fingerprint density at radius 3 is 2.76 bits per heavy atom. The summed E-state index contributed by atoms with van der Waals surface area (Å²) in [6, 6.07) is 0.0953. The Kier molecular flexibility index (Phi) is 3.46. The molecule has 17 heavy (non-hydrogen) atoms. The highest BCUT2D eigenvalue weighted by atomic mass is 16.6. The Morgan fingerprint density at radius 2 is 2.12 bits per heavy atom. The van der Waals surface area contributed by atoms with Gasteiger partial charge >= 0.3 is 0 Å². The lowest BCUT2D eigenvalue weighted by Crippen LogP contribution is -2.52. The lowest BCUT2D eigenvalue weighted by atomic mass is 9.77. The van der Waals surface area contributed by atoms with Gasteiger partial charge in [-0.2, -0.15) is 0 Å². The van der Waals surface area contributed by atoms with Crippen molar-refractivity contribution in [3.8, 4) is 0 Å². The van der Waals surface area contributed by atoms with Crippen molar-refractivity contribution in [2.75, 3.05) is 13.2 Å². The van der Waals surface area contributed by atoms with Crippen LogP contribution in [0.5, 0.6) is 0 Å². The topological polar surface area (TPSA) is 47.6 Å². The predicted molar refractivity (Wildman–Crippen MR) is 64.6 cm³/mol. The number of hydrogen-bond acceptors (Lipinski definition) is 3. The summed E-state index contributed by atoms with van der Waals surface area (Å²) < 4.78 is 11.6. The number of carbonyl (C=O) groups is 1. The Hall–Kier alpha value is -0.610. The summed E-state index contributed by atoms with van der Waals surface area (Å²) in [5, 5.41) is 3.06. The fourth-order valence-electron chi connectivity index (χ4n) is 2.98. The van der Waals surface area contributed by atoms with Gasteiger partial charge in [-0.05, 0) is 19.8 Å². The van der Waals surface area contributed by atoms with Gasteiger partial charge in [0.15, 0.2) is 0 Å². The second-order valence-electron chi connectivity index (χ2n) is 5.69. The highest BCUT2D eigenvalue weighted by Gasteiger charge is 2.51. The molecule has 0 aromatic heterocycles. The van der Waals surface area contributed by atoms with E-state index in [0.29, 0.717) is 31.5 Å². The van der Waals surface area contributed by atoms with Crippen LogP contribution in [0.3, 0.4) is 0 Å². The third-order valence-electron chi connectivity index (χ3n) is 4.27. The molecule has 0 saturated carbocycles. The molecule has 0 spiro atoms. The molecule has 2 saturated heterocycles. The van der Waals surface area contributed by atoms with Crippen molar-refractivity contribution in [1.29, 1.82) is 0 Å². The SMILES string of the molecule is CCC(=O)N[C@H]1COC[C@@H]2OC(C)(C)C(C)[C@H]12. The van der Waals surface area contributed by atoms with Crippen molar-refractivity contribution in [2.24, 2.45) is 11.8 Å². The van der Waals surface area contributed by atoms with Crippen LogP contribution in [-0.4, -0.2) is 36.9 Å². The first-order valence-electron chi connectivity index (χ1n) is 6.50. The third-order valence-corrected chi connectivity index (χ3v) is 4.27. The summed E-state index contributed by atoms with van der Waals surface area (Å²) in [5.41, 5.74) is -0.127. The molecule has 4 nitrogen and oxygen atoms in total. The van der Waals surface area contributed by atoms with Crippen LogP contribution in [-0.2, 0) is 14.3 Å². The fraction of sp³-hybridized carbons (Fsp3) is 0.923. The monoisotopic (exact) mass is 241 g/mol. The molecule has 98 valence electrons. The minimum absolute atomic E-state index is 0.0937. The van der Waals surface area contributed by atoms with Gasteiger partial charge in [0.1, 0.15) is 0 Å². The van der Waals surface area contributed by atoms with E-state index in [-0.39, 0.29) is 23.7 Å². The van der Waals surface area contributed by atoms with Crippen LogP contribution >= 0.6 is 0 Å². The van der Waals surface area contributed by atoms with Crippen molar-refractivity contribution in [3.63, 3.8) is 0 Å². The summed E-state index contributed by atoms with van der Waals surface area (Å²) >= 11 is 0. The van der Waals surface area contributed by atoms with Crippen molar-refractivity contribution >= 4 is 5.91 Å². The lowest BCUT2D eigenvalue weighted by Gasteiger charge is -2.35. The molecular formula is C13H23NO3. The predicted octanol–water partition coefficient (Wildman–Crippen LogP) is 1.34. The van der Waals surface area contributed by atoms with E-state index in [2.05, 4.69) is 26.1 Å². The van der Waals surface area contributed by atoms with E-state index >= 15 is 0 Å². The van der Waals surface area contributed by atoms with Crippen LogP contribution in [0, 0.1) is 11.8 Å². The minimum atomic E-state index is -0.127. The van der Waals surface area contributed by atoms with Crippen LogP contribution in [0.15, 0.2) is 0 Å². The fourth-order valence-corrected chi connectivity index (χ4v) is 2.98. The average Bonchev–Trinajstić information content (AvgIpc) is 2.50. The smallest absolute Gasteiger partial charge is 0.220 e. The van der Waals surface area contributed by atoms with Gasteiger partial charge in [-0.1, -0.05) is 13.8 Å². The summed E-state index contributed by atoms with van der Waals surface area (Å²) in [6.45, 7) is 9.58. The Labute approximate surface area is 103 Å². The van der Waals surface area contributed by atoms with Gasteiger partial charge in [-0.15, -0.1) is 0 Å². The van der Waals surface area contributed by atoms with E-state index in [9.17, 15) is 4.79 Å². The van der Waals surface area contributed by atoms with Crippen molar-refractivity contribution in [2.45, 2.75) is 51.9 Å². The number of nitrogens with one attached hydrogen (secondary N) is 1. The highest BCUT2D eigenvalue weighted by Crippen LogP contribution is 2.43. The second-order valence-corrected chi connectivity index (χ2v) is 5.69. The maximum absolute atomic E-state index is 11.5. The first-order valence-corrected chi connectivity index (χ1v) is 6.50. The molecule has 4 atom stereocenters. The molecular weight excluding hydrogens is 218 g/mol. The van der Waals surface area contributed by atoms with Crippen LogP contribution in [0.4, 0.5) is 0 Å². The quantitative estimate of drug-likeness (QED) is 0.793. The summed E-state index contributed by atoms with van der Waals surface area (Å²) in [4.78, 5) is 11.5. The molecule has 2 aliphatic heterocycles. The number of ether oxygens (including phenoxy) is 2. The van der Waals surface area contributed by atoms with Crippen LogP contribution < -0.4 is 5.32 Å². The molecule has 2 fully saturated rings. The molecule has 1 N–H and O–H groups in total. The van der Waals surface area contributed by atoms with E-state index in [1.807, 2.05) is 6.92 Å². The molecule has 2 heterocycles.